The number of halogens is 1. The van der Waals surface area contributed by atoms with Crippen molar-refractivity contribution in [3.8, 4) is 6.07 Å². The molecule has 31 heavy (non-hydrogen) atoms. The fraction of sp³-hybridized carbons (Fsp3) is 0.409. The highest BCUT2D eigenvalue weighted by molar-refractivity contribution is 8.04. The highest BCUT2D eigenvalue weighted by Crippen LogP contribution is 2.45. The summed E-state index contributed by atoms with van der Waals surface area (Å²) in [6.07, 6.45) is 3.15. The van der Waals surface area contributed by atoms with Crippen LogP contribution in [0, 0.1) is 17.1 Å². The maximum atomic E-state index is 13.8. The van der Waals surface area contributed by atoms with Gasteiger partial charge in [-0.15, -0.1) is 0 Å². The van der Waals surface area contributed by atoms with E-state index < -0.39 is 0 Å². The van der Waals surface area contributed by atoms with Crippen molar-refractivity contribution in [1.29, 1.82) is 5.26 Å². The van der Waals surface area contributed by atoms with E-state index in [1.807, 2.05) is 13.0 Å². The van der Waals surface area contributed by atoms with E-state index in [4.69, 9.17) is 10.5 Å². The summed E-state index contributed by atoms with van der Waals surface area (Å²) in [6.45, 7) is 3.19. The Morgan fingerprint density at radius 3 is 3.13 bits per heavy atom. The number of nitrogens with two attached hydrogens (primary N) is 1. The Hall–Kier alpha value is -2.83. The second-order valence-corrected chi connectivity index (χ2v) is 8.77. The average molecular weight is 442 g/mol. The van der Waals surface area contributed by atoms with Gasteiger partial charge in [-0.05, 0) is 36.5 Å². The minimum atomic E-state index is -0.369. The Labute approximate surface area is 184 Å². The molecule has 1 aromatic carbocycles. The van der Waals surface area contributed by atoms with Crippen molar-refractivity contribution in [2.24, 2.45) is 5.73 Å². The zero-order chi connectivity index (χ0) is 22.0. The topological polar surface area (TPSA) is 106 Å². The summed E-state index contributed by atoms with van der Waals surface area (Å²) in [5.74, 6) is -0.343. The van der Waals surface area contributed by atoms with Crippen LogP contribution in [0.15, 0.2) is 29.5 Å². The number of nitriles is 1. The van der Waals surface area contributed by atoms with E-state index in [1.54, 1.807) is 16.9 Å². The second kappa shape index (κ2) is 9.12. The highest BCUT2D eigenvalue weighted by Gasteiger charge is 2.37. The number of fused-ring (bicyclic) bond motifs is 2. The number of nitrogens with one attached hydrogen (secondary N) is 1. The summed E-state index contributed by atoms with van der Waals surface area (Å²) >= 11 is 1.37. The molecule has 0 bridgehead atoms. The van der Waals surface area contributed by atoms with Crippen LogP contribution in [0.25, 0.3) is 5.57 Å². The Morgan fingerprint density at radius 1 is 1.55 bits per heavy atom. The largest absolute Gasteiger partial charge is 0.485 e. The molecule has 2 aliphatic rings. The van der Waals surface area contributed by atoms with Gasteiger partial charge in [0.15, 0.2) is 5.09 Å². The van der Waals surface area contributed by atoms with Crippen LogP contribution in [0.3, 0.4) is 0 Å². The molecule has 3 N–H and O–H groups in total. The van der Waals surface area contributed by atoms with E-state index in [2.05, 4.69) is 16.5 Å². The van der Waals surface area contributed by atoms with Crippen molar-refractivity contribution < 1.29 is 13.9 Å². The van der Waals surface area contributed by atoms with Gasteiger partial charge in [0.25, 0.3) is 0 Å². The summed E-state index contributed by atoms with van der Waals surface area (Å²) in [4.78, 5) is 13.0. The molecular weight excluding hydrogens is 417 g/mol. The Bertz CT molecular complexity index is 1070. The maximum absolute atomic E-state index is 13.8. The molecule has 2 aromatic rings. The van der Waals surface area contributed by atoms with Crippen LogP contribution in [0.4, 0.5) is 4.39 Å². The molecule has 3 heterocycles. The number of aromatic nitrogens is 2. The molecule has 0 saturated carbocycles. The third kappa shape index (κ3) is 4.31. The van der Waals surface area contributed by atoms with Gasteiger partial charge in [0.1, 0.15) is 18.5 Å². The third-order valence-electron chi connectivity index (χ3n) is 5.56. The van der Waals surface area contributed by atoms with Crippen LogP contribution in [-0.2, 0) is 28.9 Å². The molecular formula is C22H24FN5O2S. The number of aryl methyl sites for hydroxylation is 1. The molecule has 0 aliphatic carbocycles. The van der Waals surface area contributed by atoms with Gasteiger partial charge in [-0.2, -0.15) is 10.4 Å². The molecule has 9 heteroatoms. The number of thioether (sulfide) groups is 1. The lowest BCUT2D eigenvalue weighted by Gasteiger charge is -2.20. The highest BCUT2D eigenvalue weighted by atomic mass is 32.2. The average Bonchev–Trinajstić information content (AvgIpc) is 3.34. The van der Waals surface area contributed by atoms with Gasteiger partial charge < -0.3 is 15.8 Å². The Morgan fingerprint density at radius 2 is 2.39 bits per heavy atom. The first-order valence-electron chi connectivity index (χ1n) is 10.3. The molecule has 4 rings (SSSR count). The van der Waals surface area contributed by atoms with E-state index in [-0.39, 0.29) is 29.6 Å². The SMILES string of the molecule is CCc1cc(C[C@@H](CN)NC(=O)C2CC3=C(OCCn4ncc(C#N)c43)S2)ccc1F. The maximum Gasteiger partial charge on any atom is 0.234 e. The molecule has 162 valence electrons. The van der Waals surface area contributed by atoms with Crippen LogP contribution in [0.2, 0.25) is 0 Å². The lowest BCUT2D eigenvalue weighted by atomic mass is 10.0. The minimum absolute atomic E-state index is 0.125. The molecule has 0 spiro atoms. The zero-order valence-electron chi connectivity index (χ0n) is 17.2. The van der Waals surface area contributed by atoms with Crippen molar-refractivity contribution in [3.05, 3.63) is 57.7 Å². The van der Waals surface area contributed by atoms with Crippen molar-refractivity contribution in [1.82, 2.24) is 15.1 Å². The molecule has 2 atom stereocenters. The number of amides is 1. The smallest absolute Gasteiger partial charge is 0.234 e. The molecule has 0 fully saturated rings. The predicted octanol–water partition coefficient (Wildman–Crippen LogP) is 2.35. The normalized spacial score (nSPS) is 18.5. The van der Waals surface area contributed by atoms with Crippen molar-refractivity contribution in [2.75, 3.05) is 13.2 Å². The number of ether oxygens (including phenoxy) is 1. The van der Waals surface area contributed by atoms with Crippen LogP contribution in [0.5, 0.6) is 0 Å². The standard InChI is InChI=1S/C22H24FN5O2S/c1-2-14-7-13(3-4-18(14)23)8-16(11-25)27-21(29)19-9-17-20-15(10-24)12-26-28(20)5-6-30-22(17)31-19/h3-4,7,12,16,19H,2,5-6,8-9,11,25H2,1H3,(H,27,29)/t16-,19?/m0/s1. The first kappa shape index (κ1) is 21.4. The minimum Gasteiger partial charge on any atom is -0.485 e. The molecule has 0 radical (unpaired) electrons. The van der Waals surface area contributed by atoms with Crippen LogP contribution in [-0.4, -0.2) is 40.1 Å². The first-order chi connectivity index (χ1) is 15.0. The number of allylic oxidation sites excluding steroid dienone is 1. The number of hydrogen-bond acceptors (Lipinski definition) is 6. The van der Waals surface area contributed by atoms with Gasteiger partial charge in [0.2, 0.25) is 5.91 Å². The molecule has 1 aromatic heterocycles. The van der Waals surface area contributed by atoms with Gasteiger partial charge >= 0.3 is 0 Å². The monoisotopic (exact) mass is 441 g/mol. The summed E-state index contributed by atoms with van der Waals surface area (Å²) in [5, 5.41) is 17.0. The molecule has 1 amide bonds. The van der Waals surface area contributed by atoms with Crippen molar-refractivity contribution >= 4 is 23.2 Å². The summed E-state index contributed by atoms with van der Waals surface area (Å²) in [5.41, 5.74) is 9.59. The summed E-state index contributed by atoms with van der Waals surface area (Å²) < 4.78 is 21.4. The molecule has 1 unspecified atom stereocenters. The van der Waals surface area contributed by atoms with Crippen LogP contribution < -0.4 is 11.1 Å². The quantitative estimate of drug-likeness (QED) is 0.713. The van der Waals surface area contributed by atoms with E-state index in [1.165, 1.54) is 17.8 Å². The Kier molecular flexibility index (Phi) is 6.30. The van der Waals surface area contributed by atoms with E-state index in [9.17, 15) is 14.4 Å². The van der Waals surface area contributed by atoms with E-state index >= 15 is 0 Å². The zero-order valence-corrected chi connectivity index (χ0v) is 18.0. The molecule has 7 nitrogen and oxygen atoms in total. The predicted molar refractivity (Wildman–Crippen MR) is 116 cm³/mol. The van der Waals surface area contributed by atoms with Crippen molar-refractivity contribution in [2.45, 2.75) is 44.0 Å². The fourth-order valence-corrected chi connectivity index (χ4v) is 5.11. The second-order valence-electron chi connectivity index (χ2n) is 7.59. The van der Waals surface area contributed by atoms with Gasteiger partial charge in [-0.1, -0.05) is 30.8 Å². The number of nitrogens with zero attached hydrogens (tertiary/aromatic N) is 3. The van der Waals surface area contributed by atoms with Crippen LogP contribution >= 0.6 is 11.8 Å². The number of hydrogen-bond donors (Lipinski definition) is 2. The van der Waals surface area contributed by atoms with E-state index in [0.717, 1.165) is 16.8 Å². The number of carbonyl (C=O) groups is 1. The summed E-state index contributed by atoms with van der Waals surface area (Å²) in [7, 11) is 0. The lowest BCUT2D eigenvalue weighted by molar-refractivity contribution is -0.121. The molecule has 0 saturated heterocycles. The molecule has 2 aliphatic heterocycles. The van der Waals surface area contributed by atoms with Gasteiger partial charge in [-0.25, -0.2) is 4.39 Å². The third-order valence-corrected chi connectivity index (χ3v) is 6.81. The Balaban J connectivity index is 1.45. The lowest BCUT2D eigenvalue weighted by Crippen LogP contribution is -2.45. The van der Waals surface area contributed by atoms with E-state index in [0.29, 0.717) is 48.6 Å². The van der Waals surface area contributed by atoms with Gasteiger partial charge in [-0.3, -0.25) is 9.48 Å². The summed E-state index contributed by atoms with van der Waals surface area (Å²) in [6, 6.07) is 6.94. The van der Waals surface area contributed by atoms with Gasteiger partial charge in [0, 0.05) is 18.2 Å². The number of carbonyl (C=O) groups excluding carboxylic acids is 1. The number of rotatable bonds is 6. The van der Waals surface area contributed by atoms with Crippen LogP contribution in [0.1, 0.15) is 35.7 Å². The number of benzene rings is 1. The first-order valence-corrected chi connectivity index (χ1v) is 11.2. The van der Waals surface area contributed by atoms with Crippen molar-refractivity contribution in [3.63, 3.8) is 0 Å². The van der Waals surface area contributed by atoms with Gasteiger partial charge in [0.05, 0.1) is 29.2 Å². The fourth-order valence-electron chi connectivity index (χ4n) is 3.95.